The number of rotatable bonds is 6. The van der Waals surface area contributed by atoms with Crippen molar-refractivity contribution >= 4 is 27.7 Å². The maximum Gasteiger partial charge on any atom is 0.240 e. The van der Waals surface area contributed by atoms with Crippen molar-refractivity contribution in [1.29, 1.82) is 0 Å². The molecule has 1 aliphatic rings. The molecule has 1 amide bonds. The highest BCUT2D eigenvalue weighted by Gasteiger charge is 2.18. The van der Waals surface area contributed by atoms with E-state index in [1.807, 2.05) is 53.1 Å². The summed E-state index contributed by atoms with van der Waals surface area (Å²) in [5, 5.41) is 5.54. The number of ether oxygens (including phenoxy) is 1. The van der Waals surface area contributed by atoms with E-state index in [0.29, 0.717) is 12.6 Å². The zero-order valence-electron chi connectivity index (χ0n) is 17.6. The van der Waals surface area contributed by atoms with Crippen LogP contribution in [-0.4, -0.2) is 21.5 Å². The highest BCUT2D eigenvalue weighted by atomic mass is 16.5. The monoisotopic (exact) mass is 413 g/mol. The summed E-state index contributed by atoms with van der Waals surface area (Å²) in [5.41, 5.74) is 1.84. The standard InChI is InChI=1S/C26H27N3O2/c30-26(27-21-10-2-1-3-11-21)17-29-24-13-7-6-12-23(24)28-25(29)18-31-22-15-14-19-8-4-5-9-20(19)16-22/h4-9,12-16,21H,1-3,10-11,17-18H2,(H,27,30). The molecule has 1 fully saturated rings. The summed E-state index contributed by atoms with van der Waals surface area (Å²) in [4.78, 5) is 17.5. The van der Waals surface area contributed by atoms with Gasteiger partial charge in [-0.2, -0.15) is 0 Å². The fourth-order valence-corrected chi connectivity index (χ4v) is 4.48. The molecule has 1 N–H and O–H groups in total. The first-order valence-corrected chi connectivity index (χ1v) is 11.1. The van der Waals surface area contributed by atoms with Crippen LogP contribution in [-0.2, 0) is 17.9 Å². The van der Waals surface area contributed by atoms with E-state index in [1.165, 1.54) is 24.6 Å². The van der Waals surface area contributed by atoms with Crippen LogP contribution in [0.5, 0.6) is 5.75 Å². The predicted octanol–water partition coefficient (Wildman–Crippen LogP) is 5.22. The van der Waals surface area contributed by atoms with Crippen molar-refractivity contribution in [1.82, 2.24) is 14.9 Å². The molecule has 5 heteroatoms. The summed E-state index contributed by atoms with van der Waals surface area (Å²) in [7, 11) is 0. The molecule has 0 radical (unpaired) electrons. The lowest BCUT2D eigenvalue weighted by atomic mass is 9.95. The molecule has 3 aromatic carbocycles. The number of fused-ring (bicyclic) bond motifs is 2. The van der Waals surface area contributed by atoms with Crippen molar-refractivity contribution < 1.29 is 9.53 Å². The Hall–Kier alpha value is -3.34. The average Bonchev–Trinajstić information content (AvgIpc) is 3.15. The zero-order chi connectivity index (χ0) is 21.0. The predicted molar refractivity (Wildman–Crippen MR) is 123 cm³/mol. The summed E-state index contributed by atoms with van der Waals surface area (Å²) in [6, 6.07) is 22.5. The van der Waals surface area contributed by atoms with Crippen molar-refractivity contribution in [2.75, 3.05) is 0 Å². The molecule has 1 heterocycles. The smallest absolute Gasteiger partial charge is 0.240 e. The van der Waals surface area contributed by atoms with Crippen LogP contribution in [0.1, 0.15) is 37.9 Å². The van der Waals surface area contributed by atoms with Crippen molar-refractivity contribution in [3.05, 3.63) is 72.6 Å². The molecule has 5 rings (SSSR count). The Morgan fingerprint density at radius 2 is 1.74 bits per heavy atom. The van der Waals surface area contributed by atoms with E-state index in [-0.39, 0.29) is 12.5 Å². The maximum absolute atomic E-state index is 12.8. The topological polar surface area (TPSA) is 56.2 Å². The van der Waals surface area contributed by atoms with Crippen molar-refractivity contribution in [2.24, 2.45) is 0 Å². The first kappa shape index (κ1) is 19.6. The minimum atomic E-state index is 0.0435. The lowest BCUT2D eigenvalue weighted by molar-refractivity contribution is -0.122. The second-order valence-electron chi connectivity index (χ2n) is 8.30. The number of imidazole rings is 1. The van der Waals surface area contributed by atoms with Gasteiger partial charge in [0, 0.05) is 6.04 Å². The van der Waals surface area contributed by atoms with Gasteiger partial charge >= 0.3 is 0 Å². The number of nitrogens with zero attached hydrogens (tertiary/aromatic N) is 2. The summed E-state index contributed by atoms with van der Waals surface area (Å²) in [6.45, 7) is 0.567. The van der Waals surface area contributed by atoms with Gasteiger partial charge in [-0.05, 0) is 47.9 Å². The van der Waals surface area contributed by atoms with Gasteiger partial charge in [-0.1, -0.05) is 61.7 Å². The van der Waals surface area contributed by atoms with Crippen LogP contribution in [0.15, 0.2) is 66.7 Å². The van der Waals surface area contributed by atoms with Crippen molar-refractivity contribution in [3.63, 3.8) is 0 Å². The highest BCUT2D eigenvalue weighted by molar-refractivity contribution is 5.84. The van der Waals surface area contributed by atoms with E-state index in [2.05, 4.69) is 23.5 Å². The molecule has 0 spiro atoms. The van der Waals surface area contributed by atoms with Crippen LogP contribution in [0.25, 0.3) is 21.8 Å². The number of aromatic nitrogens is 2. The lowest BCUT2D eigenvalue weighted by Crippen LogP contribution is -2.38. The third kappa shape index (κ3) is 4.41. The molecular weight excluding hydrogens is 386 g/mol. The minimum absolute atomic E-state index is 0.0435. The first-order valence-electron chi connectivity index (χ1n) is 11.1. The van der Waals surface area contributed by atoms with Gasteiger partial charge in [0.15, 0.2) is 0 Å². The number of hydrogen-bond donors (Lipinski definition) is 1. The third-order valence-electron chi connectivity index (χ3n) is 6.09. The molecular formula is C26H27N3O2. The average molecular weight is 414 g/mol. The Balaban J connectivity index is 1.35. The number of nitrogens with one attached hydrogen (secondary N) is 1. The number of carbonyl (C=O) groups excluding carboxylic acids is 1. The Morgan fingerprint density at radius 1 is 0.968 bits per heavy atom. The van der Waals surface area contributed by atoms with Crippen LogP contribution in [0.2, 0.25) is 0 Å². The summed E-state index contributed by atoms with van der Waals surface area (Å²) >= 11 is 0. The van der Waals surface area contributed by atoms with Gasteiger partial charge in [0.1, 0.15) is 24.7 Å². The molecule has 0 saturated heterocycles. The molecule has 0 bridgehead atoms. The first-order chi connectivity index (χ1) is 15.3. The number of carbonyl (C=O) groups is 1. The number of hydrogen-bond acceptors (Lipinski definition) is 3. The maximum atomic E-state index is 12.8. The van der Waals surface area contributed by atoms with Gasteiger partial charge in [-0.15, -0.1) is 0 Å². The van der Waals surface area contributed by atoms with Crippen LogP contribution >= 0.6 is 0 Å². The summed E-state index contributed by atoms with van der Waals surface area (Å²) in [6.07, 6.45) is 5.82. The van der Waals surface area contributed by atoms with Gasteiger partial charge in [-0.25, -0.2) is 4.98 Å². The van der Waals surface area contributed by atoms with Gasteiger partial charge in [-0.3, -0.25) is 4.79 Å². The van der Waals surface area contributed by atoms with E-state index in [0.717, 1.165) is 40.8 Å². The summed E-state index contributed by atoms with van der Waals surface area (Å²) in [5.74, 6) is 1.60. The SMILES string of the molecule is O=C(Cn1c(COc2ccc3ccccc3c2)nc2ccccc21)NC1CCCCC1. The van der Waals surface area contributed by atoms with E-state index >= 15 is 0 Å². The fraction of sp³-hybridized carbons (Fsp3) is 0.308. The van der Waals surface area contributed by atoms with Gasteiger partial charge < -0.3 is 14.6 Å². The Labute approximate surface area is 182 Å². The number of para-hydroxylation sites is 2. The lowest BCUT2D eigenvalue weighted by Gasteiger charge is -2.23. The Bertz CT molecular complexity index is 1210. The summed E-state index contributed by atoms with van der Waals surface area (Å²) < 4.78 is 8.07. The quantitative estimate of drug-likeness (QED) is 0.472. The van der Waals surface area contributed by atoms with Crippen LogP contribution in [0.4, 0.5) is 0 Å². The number of benzene rings is 3. The zero-order valence-corrected chi connectivity index (χ0v) is 17.6. The van der Waals surface area contributed by atoms with Crippen molar-refractivity contribution in [3.8, 4) is 5.75 Å². The molecule has 1 aliphatic carbocycles. The van der Waals surface area contributed by atoms with E-state index in [4.69, 9.17) is 9.72 Å². The highest BCUT2D eigenvalue weighted by Crippen LogP contribution is 2.23. The fourth-order valence-electron chi connectivity index (χ4n) is 4.48. The van der Waals surface area contributed by atoms with E-state index in [9.17, 15) is 4.79 Å². The number of amides is 1. The molecule has 31 heavy (non-hydrogen) atoms. The third-order valence-corrected chi connectivity index (χ3v) is 6.09. The van der Waals surface area contributed by atoms with E-state index < -0.39 is 0 Å². The molecule has 1 saturated carbocycles. The molecule has 5 nitrogen and oxygen atoms in total. The van der Waals surface area contributed by atoms with Gasteiger partial charge in [0.05, 0.1) is 11.0 Å². The normalized spacial score (nSPS) is 14.7. The molecule has 0 unspecified atom stereocenters. The Kier molecular flexibility index (Phi) is 5.57. The Morgan fingerprint density at radius 3 is 2.61 bits per heavy atom. The van der Waals surface area contributed by atoms with Gasteiger partial charge in [0.2, 0.25) is 5.91 Å². The van der Waals surface area contributed by atoms with Crippen LogP contribution < -0.4 is 10.1 Å². The second kappa shape index (κ2) is 8.80. The molecule has 0 atom stereocenters. The molecule has 4 aromatic rings. The molecule has 158 valence electrons. The molecule has 0 aliphatic heterocycles. The minimum Gasteiger partial charge on any atom is -0.486 e. The largest absolute Gasteiger partial charge is 0.486 e. The molecule has 1 aromatic heterocycles. The van der Waals surface area contributed by atoms with Crippen molar-refractivity contribution in [2.45, 2.75) is 51.3 Å². The van der Waals surface area contributed by atoms with Gasteiger partial charge in [0.25, 0.3) is 0 Å². The second-order valence-corrected chi connectivity index (χ2v) is 8.30. The van der Waals surface area contributed by atoms with Crippen LogP contribution in [0.3, 0.4) is 0 Å². The van der Waals surface area contributed by atoms with Crippen LogP contribution in [0, 0.1) is 0 Å². The van der Waals surface area contributed by atoms with E-state index in [1.54, 1.807) is 0 Å².